The van der Waals surface area contributed by atoms with E-state index in [1.54, 1.807) is 26.1 Å². The van der Waals surface area contributed by atoms with Gasteiger partial charge in [-0.15, -0.1) is 0 Å². The van der Waals surface area contributed by atoms with Crippen molar-refractivity contribution in [3.63, 3.8) is 0 Å². The molecule has 2 amide bonds. The molecule has 0 radical (unpaired) electrons. The normalized spacial score (nSPS) is 25.3. The number of amides is 2. The van der Waals surface area contributed by atoms with Crippen molar-refractivity contribution in [2.24, 2.45) is 11.1 Å². The van der Waals surface area contributed by atoms with Crippen LogP contribution in [0, 0.1) is 5.41 Å². The minimum Gasteiger partial charge on any atom is -0.369 e. The highest BCUT2D eigenvalue weighted by molar-refractivity contribution is 5.98. The van der Waals surface area contributed by atoms with Gasteiger partial charge in [0.15, 0.2) is 0 Å². The van der Waals surface area contributed by atoms with Crippen molar-refractivity contribution < 1.29 is 9.59 Å². The first-order valence-corrected chi connectivity index (χ1v) is 4.81. The second-order valence-electron chi connectivity index (χ2n) is 4.06. The van der Waals surface area contributed by atoms with Gasteiger partial charge in [-0.25, -0.2) is 0 Å². The third kappa shape index (κ3) is 2.09. The molecule has 0 saturated heterocycles. The molecule has 1 rings (SSSR count). The van der Waals surface area contributed by atoms with Crippen LogP contribution in [0.3, 0.4) is 0 Å². The van der Waals surface area contributed by atoms with Crippen LogP contribution in [0.25, 0.3) is 0 Å². The van der Waals surface area contributed by atoms with Crippen molar-refractivity contribution in [2.45, 2.75) is 20.3 Å². The van der Waals surface area contributed by atoms with Crippen molar-refractivity contribution in [1.29, 1.82) is 0 Å². The highest BCUT2D eigenvalue weighted by Gasteiger charge is 2.32. The molecule has 0 aliphatic heterocycles. The lowest BCUT2D eigenvalue weighted by atomic mass is 9.77. The monoisotopic (exact) mass is 208 g/mol. The number of carbonyl (C=O) groups excluding carboxylic acids is 2. The maximum absolute atomic E-state index is 11.4. The molecular formula is C11H16N2O2. The fraction of sp³-hybridized carbons (Fsp3) is 0.455. The SMILES string of the molecule is CNC(=O)C1=C(C)CC(C)(C(N)=O)C=C1. The molecule has 1 unspecified atom stereocenters. The molecule has 0 aromatic rings. The van der Waals surface area contributed by atoms with Crippen molar-refractivity contribution in [2.75, 3.05) is 7.05 Å². The molecule has 82 valence electrons. The van der Waals surface area contributed by atoms with Gasteiger partial charge in [0, 0.05) is 12.6 Å². The highest BCUT2D eigenvalue weighted by Crippen LogP contribution is 2.33. The summed E-state index contributed by atoms with van der Waals surface area (Å²) in [5.41, 5.74) is 6.15. The lowest BCUT2D eigenvalue weighted by Gasteiger charge is -2.27. The Hall–Kier alpha value is -1.58. The maximum Gasteiger partial charge on any atom is 0.250 e. The Morgan fingerprint density at radius 3 is 2.53 bits per heavy atom. The molecule has 0 bridgehead atoms. The van der Waals surface area contributed by atoms with Gasteiger partial charge in [-0.05, 0) is 20.3 Å². The minimum atomic E-state index is -0.665. The Morgan fingerprint density at radius 2 is 2.13 bits per heavy atom. The van der Waals surface area contributed by atoms with Crippen LogP contribution in [0.2, 0.25) is 0 Å². The number of allylic oxidation sites excluding steroid dienone is 1. The van der Waals surface area contributed by atoms with Crippen LogP contribution < -0.4 is 11.1 Å². The summed E-state index contributed by atoms with van der Waals surface area (Å²) in [6.45, 7) is 3.62. The summed E-state index contributed by atoms with van der Waals surface area (Å²) in [6, 6.07) is 0. The quantitative estimate of drug-likeness (QED) is 0.693. The predicted octanol–water partition coefficient (Wildman–Crippen LogP) is 0.500. The van der Waals surface area contributed by atoms with E-state index >= 15 is 0 Å². The molecule has 0 heterocycles. The average molecular weight is 208 g/mol. The Bertz CT molecular complexity index is 369. The van der Waals surface area contributed by atoms with Crippen LogP contribution in [-0.4, -0.2) is 18.9 Å². The summed E-state index contributed by atoms with van der Waals surface area (Å²) in [6.07, 6.45) is 3.87. The average Bonchev–Trinajstić information content (AvgIpc) is 2.16. The molecule has 4 nitrogen and oxygen atoms in total. The fourth-order valence-corrected chi connectivity index (χ4v) is 1.69. The van der Waals surface area contributed by atoms with Crippen molar-refractivity contribution in [3.8, 4) is 0 Å². The fourth-order valence-electron chi connectivity index (χ4n) is 1.69. The number of likely N-dealkylation sites (N-methyl/N-ethyl adjacent to an activating group) is 1. The van der Waals surface area contributed by atoms with Gasteiger partial charge in [0.05, 0.1) is 5.41 Å². The number of primary amides is 1. The Labute approximate surface area is 89.2 Å². The van der Waals surface area contributed by atoms with Gasteiger partial charge in [-0.3, -0.25) is 9.59 Å². The lowest BCUT2D eigenvalue weighted by Crippen LogP contribution is -2.35. The number of nitrogens with two attached hydrogens (primary N) is 1. The van der Waals surface area contributed by atoms with Crippen LogP contribution in [0.15, 0.2) is 23.3 Å². The number of nitrogens with one attached hydrogen (secondary N) is 1. The molecule has 0 fully saturated rings. The van der Waals surface area contributed by atoms with Gasteiger partial charge in [0.25, 0.3) is 5.91 Å². The van der Waals surface area contributed by atoms with Gasteiger partial charge >= 0.3 is 0 Å². The molecule has 1 atom stereocenters. The maximum atomic E-state index is 11.4. The minimum absolute atomic E-state index is 0.129. The van der Waals surface area contributed by atoms with Crippen LogP contribution in [0.1, 0.15) is 20.3 Å². The van der Waals surface area contributed by atoms with Crippen LogP contribution in [-0.2, 0) is 9.59 Å². The summed E-state index contributed by atoms with van der Waals surface area (Å²) in [4.78, 5) is 22.6. The van der Waals surface area contributed by atoms with Gasteiger partial charge < -0.3 is 11.1 Å². The standard InChI is InChI=1S/C11H16N2O2/c1-7-6-11(2,10(12)15)5-4-8(7)9(14)13-3/h4-5H,6H2,1-3H3,(H2,12,15)(H,13,14). The molecule has 15 heavy (non-hydrogen) atoms. The largest absolute Gasteiger partial charge is 0.369 e. The van der Waals surface area contributed by atoms with E-state index < -0.39 is 5.41 Å². The zero-order valence-electron chi connectivity index (χ0n) is 9.26. The van der Waals surface area contributed by atoms with Gasteiger partial charge in [-0.1, -0.05) is 17.7 Å². The van der Waals surface area contributed by atoms with E-state index in [9.17, 15) is 9.59 Å². The van der Waals surface area contributed by atoms with E-state index in [0.29, 0.717) is 12.0 Å². The summed E-state index contributed by atoms with van der Waals surface area (Å²) in [7, 11) is 1.58. The second kappa shape index (κ2) is 3.88. The first-order valence-electron chi connectivity index (χ1n) is 4.81. The summed E-state index contributed by atoms with van der Waals surface area (Å²) in [5.74, 6) is -0.496. The smallest absolute Gasteiger partial charge is 0.250 e. The van der Waals surface area contributed by atoms with Crippen molar-refractivity contribution in [1.82, 2.24) is 5.32 Å². The highest BCUT2D eigenvalue weighted by atomic mass is 16.2. The zero-order chi connectivity index (χ0) is 11.6. The van der Waals surface area contributed by atoms with Gasteiger partial charge in [0.2, 0.25) is 5.91 Å². The second-order valence-corrected chi connectivity index (χ2v) is 4.06. The lowest BCUT2D eigenvalue weighted by molar-refractivity contribution is -0.124. The third-order valence-electron chi connectivity index (χ3n) is 2.74. The summed E-state index contributed by atoms with van der Waals surface area (Å²) in [5, 5.41) is 2.56. The number of hydrogen-bond donors (Lipinski definition) is 2. The van der Waals surface area contributed by atoms with Gasteiger partial charge in [-0.2, -0.15) is 0 Å². The predicted molar refractivity (Wildman–Crippen MR) is 57.8 cm³/mol. The van der Waals surface area contributed by atoms with E-state index in [-0.39, 0.29) is 11.8 Å². The first kappa shape index (κ1) is 11.5. The first-order chi connectivity index (χ1) is 6.90. The van der Waals surface area contributed by atoms with Crippen molar-refractivity contribution in [3.05, 3.63) is 23.3 Å². The number of rotatable bonds is 2. The molecule has 0 aromatic carbocycles. The number of hydrogen-bond acceptors (Lipinski definition) is 2. The Kier molecular flexibility index (Phi) is 2.98. The van der Waals surface area contributed by atoms with E-state index in [4.69, 9.17) is 5.73 Å². The third-order valence-corrected chi connectivity index (χ3v) is 2.74. The summed E-state index contributed by atoms with van der Waals surface area (Å²) >= 11 is 0. The molecule has 1 aliphatic carbocycles. The Balaban J connectivity index is 2.99. The van der Waals surface area contributed by atoms with E-state index in [1.807, 2.05) is 6.92 Å². The van der Waals surface area contributed by atoms with E-state index in [2.05, 4.69) is 5.32 Å². The van der Waals surface area contributed by atoms with Crippen LogP contribution in [0.4, 0.5) is 0 Å². The topological polar surface area (TPSA) is 72.2 Å². The number of carbonyl (C=O) groups is 2. The van der Waals surface area contributed by atoms with Crippen LogP contribution in [0.5, 0.6) is 0 Å². The molecule has 0 saturated carbocycles. The molecule has 0 aromatic heterocycles. The Morgan fingerprint density at radius 1 is 1.53 bits per heavy atom. The summed E-state index contributed by atoms with van der Waals surface area (Å²) < 4.78 is 0. The molecule has 1 aliphatic rings. The van der Waals surface area contributed by atoms with E-state index in [1.165, 1.54) is 0 Å². The van der Waals surface area contributed by atoms with Gasteiger partial charge in [0.1, 0.15) is 0 Å². The molecule has 4 heteroatoms. The molecule has 0 spiro atoms. The zero-order valence-corrected chi connectivity index (χ0v) is 9.26. The van der Waals surface area contributed by atoms with Crippen molar-refractivity contribution >= 4 is 11.8 Å². The molecule has 3 N–H and O–H groups in total. The van der Waals surface area contributed by atoms with E-state index in [0.717, 1.165) is 5.57 Å². The van der Waals surface area contributed by atoms with Crippen LogP contribution >= 0.6 is 0 Å². The molecular weight excluding hydrogens is 192 g/mol.